The summed E-state index contributed by atoms with van der Waals surface area (Å²) in [5.74, 6) is 1.38. The minimum Gasteiger partial charge on any atom is -0.368 e. The largest absolute Gasteiger partial charge is 0.368 e. The number of aryl methyl sites for hydroxylation is 2. The Morgan fingerprint density at radius 1 is 1.29 bits per heavy atom. The van der Waals surface area contributed by atoms with Crippen molar-refractivity contribution < 1.29 is 0 Å². The molecule has 0 amide bonds. The van der Waals surface area contributed by atoms with E-state index < -0.39 is 0 Å². The highest BCUT2D eigenvalue weighted by molar-refractivity contribution is 6.29. The number of pyridine rings is 1. The molecule has 0 aromatic carbocycles. The first-order chi connectivity index (χ1) is 10.1. The summed E-state index contributed by atoms with van der Waals surface area (Å²) in [4.78, 5) is 16.4. The zero-order valence-corrected chi connectivity index (χ0v) is 12.9. The zero-order valence-electron chi connectivity index (χ0n) is 12.2. The molecule has 0 aliphatic heterocycles. The van der Waals surface area contributed by atoms with Crippen molar-refractivity contribution in [2.45, 2.75) is 39.2 Å². The van der Waals surface area contributed by atoms with E-state index >= 15 is 0 Å². The van der Waals surface area contributed by atoms with E-state index in [1.807, 2.05) is 6.07 Å². The molecular formula is C14H19ClN6. The van der Waals surface area contributed by atoms with E-state index in [1.54, 1.807) is 19.2 Å². The summed E-state index contributed by atoms with van der Waals surface area (Å²) >= 11 is 5.78. The van der Waals surface area contributed by atoms with E-state index in [9.17, 15) is 0 Å². The molecule has 2 aromatic heterocycles. The van der Waals surface area contributed by atoms with Crippen molar-refractivity contribution in [1.29, 1.82) is 0 Å². The second-order valence-electron chi connectivity index (χ2n) is 4.84. The summed E-state index contributed by atoms with van der Waals surface area (Å²) in [6.07, 6.45) is 4.63. The molecule has 3 N–H and O–H groups in total. The Hall–Kier alpha value is -1.95. The molecule has 0 aliphatic carbocycles. The molecular weight excluding hydrogens is 288 g/mol. The predicted molar refractivity (Wildman–Crippen MR) is 84.2 cm³/mol. The summed E-state index contributed by atoms with van der Waals surface area (Å²) in [6, 6.07) is 4.07. The van der Waals surface area contributed by atoms with Crippen LogP contribution < -0.4 is 11.1 Å². The number of nitrogens with zero attached hydrogens (tertiary/aromatic N) is 4. The molecule has 1 unspecified atom stereocenters. The van der Waals surface area contributed by atoms with Crippen molar-refractivity contribution in [3.05, 3.63) is 34.9 Å². The summed E-state index contributed by atoms with van der Waals surface area (Å²) in [5.41, 5.74) is 6.79. The molecule has 0 fully saturated rings. The third-order valence-corrected chi connectivity index (χ3v) is 3.38. The van der Waals surface area contributed by atoms with Gasteiger partial charge in [-0.15, -0.1) is 0 Å². The van der Waals surface area contributed by atoms with Gasteiger partial charge in [0.2, 0.25) is 11.9 Å². The Labute approximate surface area is 129 Å². The number of aromatic nitrogens is 4. The Balaban J connectivity index is 1.95. The molecule has 2 rings (SSSR count). The van der Waals surface area contributed by atoms with Crippen molar-refractivity contribution in [2.75, 3.05) is 11.1 Å². The molecule has 0 radical (unpaired) electrons. The van der Waals surface area contributed by atoms with Crippen LogP contribution in [-0.2, 0) is 6.42 Å². The minimum absolute atomic E-state index is 0.238. The fraction of sp³-hybridized carbons (Fsp3) is 0.429. The second-order valence-corrected chi connectivity index (χ2v) is 5.23. The fourth-order valence-electron chi connectivity index (χ4n) is 2.02. The third kappa shape index (κ3) is 4.82. The van der Waals surface area contributed by atoms with Crippen LogP contribution in [0.2, 0.25) is 5.15 Å². The van der Waals surface area contributed by atoms with Gasteiger partial charge in [0.05, 0.1) is 0 Å². The Morgan fingerprint density at radius 3 is 2.71 bits per heavy atom. The van der Waals surface area contributed by atoms with Crippen LogP contribution in [0.3, 0.4) is 0 Å². The number of nitrogen functional groups attached to an aromatic ring is 1. The second kappa shape index (κ2) is 7.17. The van der Waals surface area contributed by atoms with Gasteiger partial charge in [0, 0.05) is 12.2 Å². The number of hydrogen-bond acceptors (Lipinski definition) is 6. The smallest absolute Gasteiger partial charge is 0.227 e. The van der Waals surface area contributed by atoms with E-state index in [1.165, 1.54) is 0 Å². The number of hydrogen-bond donors (Lipinski definition) is 2. The van der Waals surface area contributed by atoms with Crippen LogP contribution in [0.15, 0.2) is 18.3 Å². The van der Waals surface area contributed by atoms with Gasteiger partial charge in [0.1, 0.15) is 11.0 Å². The SMILES string of the molecule is CCC(CCc1ccc(Cl)nc1)Nc1nc(C)nc(N)n1. The van der Waals surface area contributed by atoms with Crippen molar-refractivity contribution in [1.82, 2.24) is 19.9 Å². The third-order valence-electron chi connectivity index (χ3n) is 3.16. The van der Waals surface area contributed by atoms with Gasteiger partial charge >= 0.3 is 0 Å². The maximum atomic E-state index is 5.78. The topological polar surface area (TPSA) is 89.6 Å². The zero-order chi connectivity index (χ0) is 15.2. The lowest BCUT2D eigenvalue weighted by atomic mass is 10.1. The first-order valence-corrected chi connectivity index (χ1v) is 7.29. The van der Waals surface area contributed by atoms with Gasteiger partial charge in [-0.25, -0.2) is 4.98 Å². The van der Waals surface area contributed by atoms with Crippen LogP contribution >= 0.6 is 11.6 Å². The summed E-state index contributed by atoms with van der Waals surface area (Å²) in [7, 11) is 0. The molecule has 7 heteroatoms. The predicted octanol–water partition coefficient (Wildman–Crippen LogP) is 2.63. The van der Waals surface area contributed by atoms with Gasteiger partial charge < -0.3 is 11.1 Å². The van der Waals surface area contributed by atoms with E-state index in [2.05, 4.69) is 32.2 Å². The first-order valence-electron chi connectivity index (χ1n) is 6.92. The molecule has 112 valence electrons. The average molecular weight is 307 g/mol. The van der Waals surface area contributed by atoms with Crippen LogP contribution in [-0.4, -0.2) is 26.0 Å². The van der Waals surface area contributed by atoms with Crippen LogP contribution in [0.4, 0.5) is 11.9 Å². The van der Waals surface area contributed by atoms with E-state index in [4.69, 9.17) is 17.3 Å². The van der Waals surface area contributed by atoms with Crippen LogP contribution in [0.25, 0.3) is 0 Å². The Bertz CT molecular complexity index is 566. The van der Waals surface area contributed by atoms with Crippen molar-refractivity contribution in [3.63, 3.8) is 0 Å². The maximum Gasteiger partial charge on any atom is 0.227 e. The molecule has 2 heterocycles. The van der Waals surface area contributed by atoms with Crippen molar-refractivity contribution in [2.24, 2.45) is 0 Å². The number of rotatable bonds is 6. The normalized spacial score (nSPS) is 12.1. The van der Waals surface area contributed by atoms with Gasteiger partial charge in [-0.05, 0) is 37.8 Å². The molecule has 21 heavy (non-hydrogen) atoms. The molecule has 1 atom stereocenters. The summed E-state index contributed by atoms with van der Waals surface area (Å²) in [5, 5.41) is 3.82. The van der Waals surface area contributed by atoms with Gasteiger partial charge in [0.15, 0.2) is 0 Å². The van der Waals surface area contributed by atoms with Crippen LogP contribution in [0.1, 0.15) is 31.2 Å². The van der Waals surface area contributed by atoms with Crippen LogP contribution in [0.5, 0.6) is 0 Å². The maximum absolute atomic E-state index is 5.78. The molecule has 6 nitrogen and oxygen atoms in total. The highest BCUT2D eigenvalue weighted by Gasteiger charge is 2.10. The van der Waals surface area contributed by atoms with Crippen LogP contribution in [0, 0.1) is 6.92 Å². The number of halogens is 1. The molecule has 2 aromatic rings. The van der Waals surface area contributed by atoms with Crippen molar-refractivity contribution in [3.8, 4) is 0 Å². The lowest BCUT2D eigenvalue weighted by Crippen LogP contribution is -2.21. The summed E-state index contributed by atoms with van der Waals surface area (Å²) < 4.78 is 0. The highest BCUT2D eigenvalue weighted by atomic mass is 35.5. The standard InChI is InChI=1S/C14H19ClN6/c1-3-11(6-4-10-5-7-12(15)17-8-10)20-14-19-9(2)18-13(16)21-14/h5,7-8,11H,3-4,6H2,1-2H3,(H3,16,18,19,20,21). The molecule has 0 aliphatic rings. The summed E-state index contributed by atoms with van der Waals surface area (Å²) in [6.45, 7) is 3.92. The van der Waals surface area contributed by atoms with Gasteiger partial charge in [-0.1, -0.05) is 24.6 Å². The molecule has 0 saturated heterocycles. The van der Waals surface area contributed by atoms with E-state index in [0.29, 0.717) is 16.9 Å². The minimum atomic E-state index is 0.238. The fourth-order valence-corrected chi connectivity index (χ4v) is 2.14. The molecule has 0 saturated carbocycles. The van der Waals surface area contributed by atoms with Gasteiger partial charge in [-0.2, -0.15) is 15.0 Å². The number of anilines is 2. The lowest BCUT2D eigenvalue weighted by molar-refractivity contribution is 0.626. The molecule has 0 spiro atoms. The Kier molecular flexibility index (Phi) is 5.27. The number of nitrogens with one attached hydrogen (secondary N) is 1. The molecule has 0 bridgehead atoms. The van der Waals surface area contributed by atoms with Gasteiger partial charge in [0.25, 0.3) is 0 Å². The van der Waals surface area contributed by atoms with E-state index in [0.717, 1.165) is 24.8 Å². The quantitative estimate of drug-likeness (QED) is 0.797. The lowest BCUT2D eigenvalue weighted by Gasteiger charge is -2.17. The first kappa shape index (κ1) is 15.4. The highest BCUT2D eigenvalue weighted by Crippen LogP contribution is 2.13. The van der Waals surface area contributed by atoms with Crippen molar-refractivity contribution >= 4 is 23.5 Å². The number of nitrogens with two attached hydrogens (primary N) is 1. The average Bonchev–Trinajstić information content (AvgIpc) is 2.44. The Morgan fingerprint density at radius 2 is 2.10 bits per heavy atom. The monoisotopic (exact) mass is 306 g/mol. The van der Waals surface area contributed by atoms with E-state index in [-0.39, 0.29) is 12.0 Å². The van der Waals surface area contributed by atoms with Gasteiger partial charge in [-0.3, -0.25) is 0 Å².